The van der Waals surface area contributed by atoms with E-state index in [-0.39, 0.29) is 5.78 Å². The highest BCUT2D eigenvalue weighted by atomic mass is 16.5. The topological polar surface area (TPSA) is 51.2 Å². The van der Waals surface area contributed by atoms with Crippen molar-refractivity contribution in [2.24, 2.45) is 11.8 Å². The van der Waals surface area contributed by atoms with Crippen molar-refractivity contribution in [3.63, 3.8) is 0 Å². The number of aromatic nitrogens is 1. The van der Waals surface area contributed by atoms with E-state index in [0.29, 0.717) is 18.9 Å². The van der Waals surface area contributed by atoms with Gasteiger partial charge in [0.1, 0.15) is 5.75 Å². The summed E-state index contributed by atoms with van der Waals surface area (Å²) in [5, 5.41) is 3.39. The average molecular weight is 393 g/mol. The minimum Gasteiger partial charge on any atom is -0.493 e. The Bertz CT molecular complexity index is 809. The van der Waals surface area contributed by atoms with Gasteiger partial charge in [-0.25, -0.2) is 0 Å². The molecule has 1 saturated heterocycles. The number of nitrogens with one attached hydrogen (secondary N) is 1. The first-order valence-electron chi connectivity index (χ1n) is 10.7. The van der Waals surface area contributed by atoms with Gasteiger partial charge in [0.25, 0.3) is 0 Å². The van der Waals surface area contributed by atoms with Crippen molar-refractivity contribution in [1.29, 1.82) is 0 Å². The molecule has 4 nitrogen and oxygen atoms in total. The molecule has 3 rings (SSSR count). The number of Topliss-reactive ketones (excluding diaryl/α,β-unsaturated/α-hetero) is 1. The Morgan fingerprint density at radius 2 is 2.14 bits per heavy atom. The first-order chi connectivity index (χ1) is 14.1. The molecule has 1 aromatic heterocycles. The van der Waals surface area contributed by atoms with E-state index in [1.165, 1.54) is 6.42 Å². The van der Waals surface area contributed by atoms with Gasteiger partial charge in [-0.2, -0.15) is 0 Å². The normalized spacial score (nSPS) is 16.6. The van der Waals surface area contributed by atoms with Crippen LogP contribution in [0.5, 0.6) is 5.75 Å². The van der Waals surface area contributed by atoms with Crippen molar-refractivity contribution in [2.75, 3.05) is 19.7 Å². The zero-order valence-electron chi connectivity index (χ0n) is 17.6. The summed E-state index contributed by atoms with van der Waals surface area (Å²) in [5.41, 5.74) is 2.74. The fraction of sp³-hybridized carbons (Fsp3) is 0.440. The number of benzene rings is 1. The van der Waals surface area contributed by atoms with Crippen molar-refractivity contribution in [3.05, 3.63) is 59.4 Å². The molecule has 4 heteroatoms. The van der Waals surface area contributed by atoms with E-state index in [4.69, 9.17) is 4.74 Å². The van der Waals surface area contributed by atoms with Crippen molar-refractivity contribution in [2.45, 2.75) is 39.5 Å². The average Bonchev–Trinajstić information content (AvgIpc) is 3.25. The van der Waals surface area contributed by atoms with Gasteiger partial charge in [0.15, 0.2) is 5.78 Å². The summed E-state index contributed by atoms with van der Waals surface area (Å²) >= 11 is 0. The van der Waals surface area contributed by atoms with Crippen LogP contribution in [0.25, 0.3) is 12.2 Å². The zero-order chi connectivity index (χ0) is 20.5. The molecule has 1 N–H and O–H groups in total. The molecule has 0 amide bonds. The van der Waals surface area contributed by atoms with Crippen LogP contribution in [0.1, 0.15) is 61.0 Å². The van der Waals surface area contributed by atoms with Crippen molar-refractivity contribution >= 4 is 17.9 Å². The number of ether oxygens (including phenoxy) is 1. The van der Waals surface area contributed by atoms with Crippen LogP contribution in [0.4, 0.5) is 0 Å². The van der Waals surface area contributed by atoms with Crippen LogP contribution in [0, 0.1) is 11.8 Å². The van der Waals surface area contributed by atoms with Gasteiger partial charge in [0, 0.05) is 24.4 Å². The summed E-state index contributed by atoms with van der Waals surface area (Å²) in [6, 6.07) is 9.78. The van der Waals surface area contributed by atoms with Crippen molar-refractivity contribution in [1.82, 2.24) is 10.3 Å². The molecule has 1 atom stereocenters. The van der Waals surface area contributed by atoms with Gasteiger partial charge in [0.2, 0.25) is 0 Å². The molecule has 1 fully saturated rings. The van der Waals surface area contributed by atoms with E-state index in [1.807, 2.05) is 48.7 Å². The number of rotatable bonds is 10. The molecule has 1 aliphatic rings. The smallest absolute Gasteiger partial charge is 0.163 e. The van der Waals surface area contributed by atoms with Crippen molar-refractivity contribution in [3.8, 4) is 5.75 Å². The van der Waals surface area contributed by atoms with Gasteiger partial charge in [-0.3, -0.25) is 9.78 Å². The second-order valence-electron chi connectivity index (χ2n) is 8.29. The number of carbonyl (C=O) groups excluding carboxylic acids is 1. The van der Waals surface area contributed by atoms with E-state index in [2.05, 4.69) is 24.1 Å². The van der Waals surface area contributed by atoms with Crippen LogP contribution >= 0.6 is 0 Å². The number of hydrogen-bond donors (Lipinski definition) is 1. The van der Waals surface area contributed by atoms with Crippen molar-refractivity contribution < 1.29 is 9.53 Å². The van der Waals surface area contributed by atoms with E-state index in [1.54, 1.807) is 6.20 Å². The monoisotopic (exact) mass is 392 g/mol. The lowest BCUT2D eigenvalue weighted by Crippen LogP contribution is -2.09. The lowest BCUT2D eigenvalue weighted by atomic mass is 9.97. The zero-order valence-corrected chi connectivity index (χ0v) is 17.6. The predicted octanol–water partition coefficient (Wildman–Crippen LogP) is 5.25. The van der Waals surface area contributed by atoms with Crippen LogP contribution in [0.3, 0.4) is 0 Å². The van der Waals surface area contributed by atoms with Gasteiger partial charge < -0.3 is 10.1 Å². The second-order valence-corrected chi connectivity index (χ2v) is 8.29. The third-order valence-electron chi connectivity index (χ3n) is 5.17. The second kappa shape index (κ2) is 10.9. The summed E-state index contributed by atoms with van der Waals surface area (Å²) in [5.74, 6) is 2.11. The Morgan fingerprint density at radius 1 is 1.28 bits per heavy atom. The number of ketones is 1. The molecule has 2 aromatic rings. The standard InChI is InChI=1S/C25H32N2O2/c1-19(2)18-29-24-14-22(9-8-20-6-4-11-26-16-20)13-23(15-24)25(28)7-3-5-21-10-12-27-17-21/h4,6,8-9,11,13-16,19,21,27H,3,5,7,10,12,17-18H2,1-2H3/b9-8+. The lowest BCUT2D eigenvalue weighted by Gasteiger charge is -2.12. The van der Waals surface area contributed by atoms with E-state index in [0.717, 1.165) is 54.3 Å². The number of nitrogens with zero attached hydrogens (tertiary/aromatic N) is 1. The van der Waals surface area contributed by atoms with Gasteiger partial charge >= 0.3 is 0 Å². The van der Waals surface area contributed by atoms with Gasteiger partial charge in [-0.15, -0.1) is 0 Å². The maximum absolute atomic E-state index is 12.8. The minimum atomic E-state index is 0.196. The Kier molecular flexibility index (Phi) is 8.00. The quantitative estimate of drug-likeness (QED) is 0.561. The van der Waals surface area contributed by atoms with Crippen LogP contribution in [-0.2, 0) is 0 Å². The molecular weight excluding hydrogens is 360 g/mol. The summed E-state index contributed by atoms with van der Waals surface area (Å²) in [6.07, 6.45) is 11.5. The predicted molar refractivity (Wildman–Crippen MR) is 119 cm³/mol. The Morgan fingerprint density at radius 3 is 2.86 bits per heavy atom. The molecule has 1 aliphatic heterocycles. The molecule has 1 aromatic carbocycles. The third-order valence-corrected chi connectivity index (χ3v) is 5.17. The van der Waals surface area contributed by atoms with Crippen LogP contribution < -0.4 is 10.1 Å². The number of pyridine rings is 1. The highest BCUT2D eigenvalue weighted by Gasteiger charge is 2.15. The maximum atomic E-state index is 12.8. The minimum absolute atomic E-state index is 0.196. The molecule has 0 radical (unpaired) electrons. The molecule has 154 valence electrons. The highest BCUT2D eigenvalue weighted by molar-refractivity contribution is 5.97. The molecule has 0 spiro atoms. The maximum Gasteiger partial charge on any atom is 0.163 e. The molecule has 0 saturated carbocycles. The van der Waals surface area contributed by atoms with Crippen LogP contribution in [0.2, 0.25) is 0 Å². The summed E-state index contributed by atoms with van der Waals surface area (Å²) in [4.78, 5) is 17.0. The molecule has 29 heavy (non-hydrogen) atoms. The van der Waals surface area contributed by atoms with Gasteiger partial charge in [0.05, 0.1) is 6.61 Å². The van der Waals surface area contributed by atoms with Gasteiger partial charge in [-0.1, -0.05) is 32.1 Å². The van der Waals surface area contributed by atoms with Crippen LogP contribution in [-0.4, -0.2) is 30.5 Å². The largest absolute Gasteiger partial charge is 0.493 e. The Hall–Kier alpha value is -2.46. The van der Waals surface area contributed by atoms with Crippen LogP contribution in [0.15, 0.2) is 42.7 Å². The Labute approximate surface area is 174 Å². The molecular formula is C25H32N2O2. The molecule has 0 aliphatic carbocycles. The fourth-order valence-electron chi connectivity index (χ4n) is 3.55. The first kappa shape index (κ1) is 21.3. The van der Waals surface area contributed by atoms with E-state index in [9.17, 15) is 4.79 Å². The van der Waals surface area contributed by atoms with E-state index < -0.39 is 0 Å². The first-order valence-corrected chi connectivity index (χ1v) is 10.7. The molecule has 0 bridgehead atoms. The summed E-state index contributed by atoms with van der Waals surface area (Å²) in [6.45, 7) is 7.08. The molecule has 1 unspecified atom stereocenters. The number of carbonyl (C=O) groups is 1. The van der Waals surface area contributed by atoms with E-state index >= 15 is 0 Å². The lowest BCUT2D eigenvalue weighted by molar-refractivity contribution is 0.0977. The summed E-state index contributed by atoms with van der Waals surface area (Å²) < 4.78 is 5.93. The number of hydrogen-bond acceptors (Lipinski definition) is 4. The van der Waals surface area contributed by atoms with Gasteiger partial charge in [-0.05, 0) is 79.6 Å². The highest BCUT2D eigenvalue weighted by Crippen LogP contribution is 2.23. The fourth-order valence-corrected chi connectivity index (χ4v) is 3.55. The SMILES string of the molecule is CC(C)COc1cc(/C=C/c2cccnc2)cc(C(=O)CCCC2CCNC2)c1. The Balaban J connectivity index is 1.70. The summed E-state index contributed by atoms with van der Waals surface area (Å²) in [7, 11) is 0. The third kappa shape index (κ3) is 7.13. The molecule has 2 heterocycles.